The van der Waals surface area contributed by atoms with E-state index in [9.17, 15) is 18.7 Å². The summed E-state index contributed by atoms with van der Waals surface area (Å²) in [6.45, 7) is 3.71. The van der Waals surface area contributed by atoms with Crippen LogP contribution < -0.4 is 5.32 Å². The number of hydrogen-bond donors (Lipinski definition) is 2. The van der Waals surface area contributed by atoms with Crippen molar-refractivity contribution in [3.8, 4) is 0 Å². The molecular formula is C31H41F2N7O2. The molecule has 226 valence electrons. The third-order valence-corrected chi connectivity index (χ3v) is 9.58. The van der Waals surface area contributed by atoms with Crippen molar-refractivity contribution >= 4 is 28.7 Å². The maximum absolute atomic E-state index is 14.6. The minimum absolute atomic E-state index is 0.0857. The van der Waals surface area contributed by atoms with Crippen LogP contribution in [0.3, 0.4) is 0 Å². The average molecular weight is 582 g/mol. The summed E-state index contributed by atoms with van der Waals surface area (Å²) in [5, 5.41) is 12.7. The number of hydrogen-bond acceptors (Lipinski definition) is 7. The number of anilines is 2. The van der Waals surface area contributed by atoms with Crippen molar-refractivity contribution in [1.29, 1.82) is 0 Å². The number of nitrogens with one attached hydrogen (secondary N) is 1. The largest absolute Gasteiger partial charge is 0.396 e. The van der Waals surface area contributed by atoms with Gasteiger partial charge in [-0.15, -0.1) is 0 Å². The highest BCUT2D eigenvalue weighted by Gasteiger charge is 2.32. The van der Waals surface area contributed by atoms with Gasteiger partial charge in [-0.25, -0.2) is 23.7 Å². The number of amides is 1. The van der Waals surface area contributed by atoms with Crippen LogP contribution in [-0.4, -0.2) is 80.2 Å². The van der Waals surface area contributed by atoms with Gasteiger partial charge in [-0.05, 0) is 82.4 Å². The molecule has 1 saturated heterocycles. The average Bonchev–Trinajstić information content (AvgIpc) is 3.36. The molecule has 1 aliphatic heterocycles. The normalized spacial score (nSPS) is 25.6. The van der Waals surface area contributed by atoms with Gasteiger partial charge in [0.1, 0.15) is 23.0 Å². The van der Waals surface area contributed by atoms with Crippen LogP contribution in [-0.2, 0) is 11.2 Å². The number of piperazine rings is 1. The number of imidazole rings is 1. The summed E-state index contributed by atoms with van der Waals surface area (Å²) in [6.07, 6.45) is 9.72. The lowest BCUT2D eigenvalue weighted by Gasteiger charge is -2.36. The first-order valence-electron chi connectivity index (χ1n) is 15.4. The Kier molecular flexibility index (Phi) is 8.67. The first-order chi connectivity index (χ1) is 20.4. The molecule has 0 unspecified atom stereocenters. The van der Waals surface area contributed by atoms with Gasteiger partial charge >= 0.3 is 0 Å². The van der Waals surface area contributed by atoms with Crippen molar-refractivity contribution in [2.75, 3.05) is 45.2 Å². The summed E-state index contributed by atoms with van der Waals surface area (Å²) in [7, 11) is 2.10. The van der Waals surface area contributed by atoms with Gasteiger partial charge in [0.05, 0.1) is 11.9 Å². The number of carbonyl (C=O) groups is 1. The number of fused-ring (bicyclic) bond motifs is 1. The van der Waals surface area contributed by atoms with E-state index in [1.54, 1.807) is 6.20 Å². The molecule has 3 aromatic rings. The van der Waals surface area contributed by atoms with E-state index in [-0.39, 0.29) is 30.2 Å². The van der Waals surface area contributed by atoms with Gasteiger partial charge < -0.3 is 20.2 Å². The number of aliphatic hydroxyl groups is 1. The molecule has 1 aromatic carbocycles. The molecule has 0 atom stereocenters. The van der Waals surface area contributed by atoms with Crippen molar-refractivity contribution in [3.63, 3.8) is 0 Å². The Morgan fingerprint density at radius 3 is 2.38 bits per heavy atom. The Hall–Kier alpha value is -3.18. The number of carbonyl (C=O) groups excluding carboxylic acids is 1. The van der Waals surface area contributed by atoms with Crippen LogP contribution in [0.15, 0.2) is 24.4 Å². The zero-order chi connectivity index (χ0) is 29.2. The molecular weight excluding hydrogens is 540 g/mol. The highest BCUT2D eigenvalue weighted by Crippen LogP contribution is 2.37. The van der Waals surface area contributed by atoms with E-state index in [4.69, 9.17) is 9.97 Å². The van der Waals surface area contributed by atoms with Gasteiger partial charge in [0.25, 0.3) is 0 Å². The van der Waals surface area contributed by atoms with E-state index < -0.39 is 11.6 Å². The van der Waals surface area contributed by atoms with Crippen LogP contribution >= 0.6 is 0 Å². The van der Waals surface area contributed by atoms with Gasteiger partial charge in [0.2, 0.25) is 11.9 Å². The number of likely N-dealkylation sites (N-methyl/N-ethyl adjacent to an activating group) is 1. The summed E-state index contributed by atoms with van der Waals surface area (Å²) in [4.78, 5) is 31.7. The first-order valence-corrected chi connectivity index (χ1v) is 15.4. The van der Waals surface area contributed by atoms with Crippen molar-refractivity contribution in [3.05, 3.63) is 41.9 Å². The fraction of sp³-hybridized carbons (Fsp3) is 0.613. The van der Waals surface area contributed by atoms with Crippen molar-refractivity contribution in [1.82, 2.24) is 29.3 Å². The molecule has 2 N–H and O–H groups in total. The molecule has 0 spiro atoms. The van der Waals surface area contributed by atoms with Crippen molar-refractivity contribution in [2.24, 2.45) is 17.8 Å². The number of aromatic nitrogens is 4. The monoisotopic (exact) mass is 581 g/mol. The smallest absolute Gasteiger partial charge is 0.225 e. The third-order valence-electron chi connectivity index (χ3n) is 9.58. The summed E-state index contributed by atoms with van der Waals surface area (Å²) >= 11 is 0. The molecule has 3 fully saturated rings. The number of aliphatic hydroxyl groups excluding tert-OH is 1. The fourth-order valence-corrected chi connectivity index (χ4v) is 6.91. The zero-order valence-corrected chi connectivity index (χ0v) is 24.3. The fourth-order valence-electron chi connectivity index (χ4n) is 6.91. The molecule has 2 aliphatic carbocycles. The SMILES string of the molecule is CN1CCN(C(=O)C2CCC(Cc3ncc4nc(Nc5ccc(F)cc5F)n(C5CCC(CO)CC5)c4n3)CC2)CC1. The molecule has 0 bridgehead atoms. The quantitative estimate of drug-likeness (QED) is 0.418. The number of rotatable bonds is 7. The second-order valence-corrected chi connectivity index (χ2v) is 12.5. The maximum atomic E-state index is 14.6. The van der Waals surface area contributed by atoms with Gasteiger partial charge in [-0.1, -0.05) is 0 Å². The molecule has 42 heavy (non-hydrogen) atoms. The number of benzene rings is 1. The molecule has 3 heterocycles. The predicted molar refractivity (Wildman–Crippen MR) is 156 cm³/mol. The van der Waals surface area contributed by atoms with Crippen LogP contribution in [0.4, 0.5) is 20.4 Å². The third kappa shape index (κ3) is 6.27. The van der Waals surface area contributed by atoms with Crippen molar-refractivity contribution < 1.29 is 18.7 Å². The van der Waals surface area contributed by atoms with E-state index in [0.717, 1.165) is 95.9 Å². The number of halogens is 2. The van der Waals surface area contributed by atoms with E-state index in [1.807, 2.05) is 9.47 Å². The Bertz CT molecular complexity index is 1390. The Balaban J connectivity index is 1.18. The molecule has 6 rings (SSSR count). The summed E-state index contributed by atoms with van der Waals surface area (Å²) in [5.41, 5.74) is 1.47. The van der Waals surface area contributed by atoms with E-state index in [2.05, 4.69) is 22.2 Å². The van der Waals surface area contributed by atoms with Crippen LogP contribution in [0.5, 0.6) is 0 Å². The lowest BCUT2D eigenvalue weighted by molar-refractivity contribution is -0.138. The van der Waals surface area contributed by atoms with Gasteiger partial charge in [-0.3, -0.25) is 9.36 Å². The molecule has 11 heteroatoms. The van der Waals surface area contributed by atoms with E-state index in [1.165, 1.54) is 12.1 Å². The Morgan fingerprint density at radius 1 is 0.976 bits per heavy atom. The first kappa shape index (κ1) is 28.9. The van der Waals surface area contributed by atoms with Gasteiger partial charge in [0.15, 0.2) is 5.65 Å². The summed E-state index contributed by atoms with van der Waals surface area (Å²) < 4.78 is 30.2. The van der Waals surface area contributed by atoms with Crippen LogP contribution in [0, 0.1) is 29.4 Å². The molecule has 2 saturated carbocycles. The standard InChI is InChI=1S/C31H41F2N7O2/c1-38-12-14-39(15-13-38)30(42)22-6-2-20(3-7-22)16-28-34-18-27-29(37-28)40(24-9-4-21(19-41)5-10-24)31(36-27)35-26-11-8-23(32)17-25(26)33/h8,11,17-18,20-22,24,41H,2-7,9-10,12-16,19H2,1H3,(H,35,36). The van der Waals surface area contributed by atoms with Crippen LogP contribution in [0.1, 0.15) is 63.2 Å². The number of nitrogens with zero attached hydrogens (tertiary/aromatic N) is 6. The molecule has 0 radical (unpaired) electrons. The minimum atomic E-state index is -0.689. The van der Waals surface area contributed by atoms with E-state index in [0.29, 0.717) is 28.9 Å². The maximum Gasteiger partial charge on any atom is 0.225 e. The second-order valence-electron chi connectivity index (χ2n) is 12.5. The Morgan fingerprint density at radius 2 is 1.69 bits per heavy atom. The van der Waals surface area contributed by atoms with Crippen LogP contribution in [0.2, 0.25) is 0 Å². The van der Waals surface area contributed by atoms with Gasteiger partial charge in [-0.2, -0.15) is 0 Å². The highest BCUT2D eigenvalue weighted by molar-refractivity contribution is 5.79. The summed E-state index contributed by atoms with van der Waals surface area (Å²) in [6, 6.07) is 3.53. The van der Waals surface area contributed by atoms with E-state index >= 15 is 0 Å². The zero-order valence-electron chi connectivity index (χ0n) is 24.3. The Labute approximate surface area is 245 Å². The highest BCUT2D eigenvalue weighted by atomic mass is 19.1. The molecule has 3 aliphatic rings. The summed E-state index contributed by atoms with van der Waals surface area (Å²) in [5.74, 6) is 1.01. The lowest BCUT2D eigenvalue weighted by atomic mass is 9.79. The van der Waals surface area contributed by atoms with Gasteiger partial charge in [0, 0.05) is 57.2 Å². The lowest BCUT2D eigenvalue weighted by Crippen LogP contribution is -2.49. The topological polar surface area (TPSA) is 99.4 Å². The molecule has 1 amide bonds. The second kappa shape index (κ2) is 12.6. The van der Waals surface area contributed by atoms with Crippen LogP contribution in [0.25, 0.3) is 11.2 Å². The minimum Gasteiger partial charge on any atom is -0.396 e. The van der Waals surface area contributed by atoms with Crippen molar-refractivity contribution in [2.45, 2.75) is 63.8 Å². The molecule has 2 aromatic heterocycles. The predicted octanol–water partition coefficient (Wildman–Crippen LogP) is 4.69. The molecule has 9 nitrogen and oxygen atoms in total.